The van der Waals surface area contributed by atoms with Gasteiger partial charge in [-0.1, -0.05) is 6.07 Å². The molecule has 0 aliphatic heterocycles. The molecule has 5 heteroatoms. The molecule has 1 aromatic carbocycles. The van der Waals surface area contributed by atoms with Crippen LogP contribution in [0.1, 0.15) is 20.7 Å². The summed E-state index contributed by atoms with van der Waals surface area (Å²) in [7, 11) is 2.87. The number of nitrogens with zero attached hydrogens (tertiary/aromatic N) is 1. The summed E-state index contributed by atoms with van der Waals surface area (Å²) in [6.07, 6.45) is 0. The Kier molecular flexibility index (Phi) is 4.66. The zero-order valence-corrected chi connectivity index (χ0v) is 9.84. The molecule has 0 radical (unpaired) electrons. The van der Waals surface area contributed by atoms with Crippen molar-refractivity contribution in [1.29, 1.82) is 0 Å². The Labute approximate surface area is 99.6 Å². The van der Waals surface area contributed by atoms with Crippen LogP contribution in [0.25, 0.3) is 0 Å². The lowest BCUT2D eigenvalue weighted by atomic mass is 10.1. The van der Waals surface area contributed by atoms with E-state index in [0.29, 0.717) is 11.1 Å². The van der Waals surface area contributed by atoms with Crippen LogP contribution in [0.3, 0.4) is 0 Å². The van der Waals surface area contributed by atoms with Crippen LogP contribution in [0.15, 0.2) is 24.3 Å². The number of aliphatic hydroxyl groups excluding tert-OH is 1. The summed E-state index contributed by atoms with van der Waals surface area (Å²) < 4.78 is 4.58. The van der Waals surface area contributed by atoms with Crippen molar-refractivity contribution >= 4 is 11.9 Å². The summed E-state index contributed by atoms with van der Waals surface area (Å²) in [5.41, 5.74) is 0.722. The fraction of sp³-hybridized carbons (Fsp3) is 0.333. The van der Waals surface area contributed by atoms with Gasteiger partial charge in [0.05, 0.1) is 19.3 Å². The maximum Gasteiger partial charge on any atom is 0.337 e. The molecule has 0 heterocycles. The van der Waals surface area contributed by atoms with Gasteiger partial charge in [-0.05, 0) is 18.2 Å². The zero-order chi connectivity index (χ0) is 12.8. The third-order valence-corrected chi connectivity index (χ3v) is 2.31. The number of aliphatic hydroxyl groups is 1. The number of benzene rings is 1. The van der Waals surface area contributed by atoms with Crippen molar-refractivity contribution < 1.29 is 19.4 Å². The topological polar surface area (TPSA) is 66.8 Å². The van der Waals surface area contributed by atoms with Gasteiger partial charge in [-0.25, -0.2) is 4.79 Å². The summed E-state index contributed by atoms with van der Waals surface area (Å²) in [6.45, 7) is 0.153. The Bertz CT molecular complexity index is 417. The number of amides is 1. The average molecular weight is 237 g/mol. The van der Waals surface area contributed by atoms with Crippen molar-refractivity contribution in [1.82, 2.24) is 4.90 Å². The molecule has 0 aromatic heterocycles. The van der Waals surface area contributed by atoms with Crippen molar-refractivity contribution in [2.24, 2.45) is 0 Å². The normalized spacial score (nSPS) is 9.82. The van der Waals surface area contributed by atoms with Crippen LogP contribution in [-0.2, 0) is 4.74 Å². The Morgan fingerprint density at radius 3 is 2.59 bits per heavy atom. The summed E-state index contributed by atoms with van der Waals surface area (Å²) in [5, 5.41) is 8.75. The third kappa shape index (κ3) is 3.29. The molecule has 0 unspecified atom stereocenters. The fourth-order valence-electron chi connectivity index (χ4n) is 1.37. The summed E-state index contributed by atoms with van der Waals surface area (Å²) in [5.74, 6) is -0.728. The van der Waals surface area contributed by atoms with Crippen molar-refractivity contribution in [3.8, 4) is 0 Å². The number of rotatable bonds is 4. The predicted molar refractivity (Wildman–Crippen MR) is 61.8 cm³/mol. The quantitative estimate of drug-likeness (QED) is 0.776. The maximum absolute atomic E-state index is 11.9. The molecular weight excluding hydrogens is 222 g/mol. The van der Waals surface area contributed by atoms with Gasteiger partial charge in [-0.15, -0.1) is 0 Å². The number of methoxy groups -OCH3 is 1. The largest absolute Gasteiger partial charge is 0.465 e. The lowest BCUT2D eigenvalue weighted by Gasteiger charge is -2.15. The molecular formula is C12H15NO4. The van der Waals surface area contributed by atoms with Crippen molar-refractivity contribution in [3.05, 3.63) is 35.4 Å². The molecule has 1 N–H and O–H groups in total. The first-order chi connectivity index (χ1) is 8.10. The number of ether oxygens (including phenoxy) is 1. The van der Waals surface area contributed by atoms with Crippen LogP contribution in [-0.4, -0.2) is 49.2 Å². The van der Waals surface area contributed by atoms with Gasteiger partial charge in [0.15, 0.2) is 0 Å². The van der Waals surface area contributed by atoms with E-state index in [4.69, 9.17) is 5.11 Å². The highest BCUT2D eigenvalue weighted by atomic mass is 16.5. The molecule has 0 spiro atoms. The van der Waals surface area contributed by atoms with Crippen LogP contribution >= 0.6 is 0 Å². The van der Waals surface area contributed by atoms with Crippen LogP contribution in [0, 0.1) is 0 Å². The Morgan fingerprint density at radius 2 is 2.00 bits per heavy atom. The molecule has 0 bridgehead atoms. The Balaban J connectivity index is 2.91. The molecule has 0 saturated heterocycles. The van der Waals surface area contributed by atoms with E-state index in [-0.39, 0.29) is 19.1 Å². The van der Waals surface area contributed by atoms with Crippen LogP contribution < -0.4 is 0 Å². The molecule has 0 aliphatic rings. The SMILES string of the molecule is COC(=O)c1cccc(C(=O)N(C)CCO)c1. The van der Waals surface area contributed by atoms with E-state index in [0.717, 1.165) is 0 Å². The van der Waals surface area contributed by atoms with Gasteiger partial charge in [-0.3, -0.25) is 4.79 Å². The molecule has 1 aromatic rings. The number of carbonyl (C=O) groups is 2. The lowest BCUT2D eigenvalue weighted by Crippen LogP contribution is -2.29. The van der Waals surface area contributed by atoms with Gasteiger partial charge in [0.2, 0.25) is 0 Å². The number of likely N-dealkylation sites (N-methyl/N-ethyl adjacent to an activating group) is 1. The minimum atomic E-state index is -0.482. The van der Waals surface area contributed by atoms with E-state index in [1.807, 2.05) is 0 Å². The minimum Gasteiger partial charge on any atom is -0.465 e. The van der Waals surface area contributed by atoms with Crippen LogP contribution in [0.5, 0.6) is 0 Å². The van der Waals surface area contributed by atoms with Gasteiger partial charge in [0.25, 0.3) is 5.91 Å². The second-order valence-corrected chi connectivity index (χ2v) is 3.52. The summed E-state index contributed by atoms with van der Waals surface area (Å²) in [4.78, 5) is 24.5. The molecule has 0 aliphatic carbocycles. The van der Waals surface area contributed by atoms with Crippen molar-refractivity contribution in [2.45, 2.75) is 0 Å². The van der Waals surface area contributed by atoms with Crippen LogP contribution in [0.4, 0.5) is 0 Å². The van der Waals surface area contributed by atoms with Gasteiger partial charge in [-0.2, -0.15) is 0 Å². The second-order valence-electron chi connectivity index (χ2n) is 3.52. The standard InChI is InChI=1S/C12H15NO4/c1-13(6-7-14)11(15)9-4-3-5-10(8-9)12(16)17-2/h3-5,8,14H,6-7H2,1-2H3. The highest BCUT2D eigenvalue weighted by Gasteiger charge is 2.13. The molecule has 0 atom stereocenters. The zero-order valence-electron chi connectivity index (χ0n) is 9.84. The lowest BCUT2D eigenvalue weighted by molar-refractivity contribution is 0.0600. The smallest absolute Gasteiger partial charge is 0.337 e. The predicted octanol–water partition coefficient (Wildman–Crippen LogP) is 0.538. The van der Waals surface area contributed by atoms with Gasteiger partial charge in [0, 0.05) is 19.2 Å². The highest BCUT2D eigenvalue weighted by Crippen LogP contribution is 2.08. The van der Waals surface area contributed by atoms with Crippen molar-refractivity contribution in [3.63, 3.8) is 0 Å². The van der Waals surface area contributed by atoms with E-state index in [9.17, 15) is 9.59 Å². The minimum absolute atomic E-state index is 0.0983. The molecule has 0 saturated carbocycles. The molecule has 0 fully saturated rings. The molecule has 17 heavy (non-hydrogen) atoms. The van der Waals surface area contributed by atoms with Crippen molar-refractivity contribution in [2.75, 3.05) is 27.3 Å². The van der Waals surface area contributed by atoms with Crippen LogP contribution in [0.2, 0.25) is 0 Å². The molecule has 1 rings (SSSR count). The first-order valence-electron chi connectivity index (χ1n) is 5.15. The first-order valence-corrected chi connectivity index (χ1v) is 5.15. The number of esters is 1. The van der Waals surface area contributed by atoms with Gasteiger partial charge >= 0.3 is 5.97 Å². The Morgan fingerprint density at radius 1 is 1.35 bits per heavy atom. The summed E-state index contributed by atoms with van der Waals surface area (Å²) >= 11 is 0. The number of hydrogen-bond donors (Lipinski definition) is 1. The van der Waals surface area contributed by atoms with E-state index < -0.39 is 5.97 Å². The monoisotopic (exact) mass is 237 g/mol. The van der Waals surface area contributed by atoms with E-state index in [1.54, 1.807) is 25.2 Å². The van der Waals surface area contributed by atoms with Gasteiger partial charge < -0.3 is 14.7 Å². The molecule has 5 nitrogen and oxygen atoms in total. The number of carbonyl (C=O) groups excluding carboxylic acids is 2. The second kappa shape index (κ2) is 6.00. The Hall–Kier alpha value is -1.88. The molecule has 1 amide bonds. The first kappa shape index (κ1) is 13.2. The van der Waals surface area contributed by atoms with E-state index in [1.165, 1.54) is 18.1 Å². The maximum atomic E-state index is 11.9. The molecule has 92 valence electrons. The summed E-state index contributed by atoms with van der Waals surface area (Å²) in [6, 6.07) is 6.28. The van der Waals surface area contributed by atoms with E-state index in [2.05, 4.69) is 4.74 Å². The van der Waals surface area contributed by atoms with Gasteiger partial charge in [0.1, 0.15) is 0 Å². The number of hydrogen-bond acceptors (Lipinski definition) is 4. The average Bonchev–Trinajstić information content (AvgIpc) is 2.37. The van der Waals surface area contributed by atoms with E-state index >= 15 is 0 Å². The highest BCUT2D eigenvalue weighted by molar-refractivity contribution is 5.97. The third-order valence-electron chi connectivity index (χ3n) is 2.31. The fourth-order valence-corrected chi connectivity index (χ4v) is 1.37.